The molecule has 48 heavy (non-hydrogen) atoms. The van der Waals surface area contributed by atoms with Crippen molar-refractivity contribution in [3.63, 3.8) is 0 Å². The summed E-state index contributed by atoms with van der Waals surface area (Å²) in [6.07, 6.45) is -6.82. The first-order valence-electron chi connectivity index (χ1n) is 15.5. The molecule has 2 aromatic carbocycles. The molecule has 1 saturated heterocycles. The van der Waals surface area contributed by atoms with Crippen molar-refractivity contribution >= 4 is 35.9 Å². The van der Waals surface area contributed by atoms with Gasteiger partial charge in [0.05, 0.1) is 6.10 Å². The summed E-state index contributed by atoms with van der Waals surface area (Å²) in [5, 5.41) is 12.3. The van der Waals surface area contributed by atoms with Crippen molar-refractivity contribution in [1.29, 1.82) is 0 Å². The Bertz CT molecular complexity index is 1480. The van der Waals surface area contributed by atoms with Gasteiger partial charge in [-0.3, -0.25) is 19.2 Å². The molecule has 0 bridgehead atoms. The summed E-state index contributed by atoms with van der Waals surface area (Å²) in [4.78, 5) is 72.5. The summed E-state index contributed by atoms with van der Waals surface area (Å²) in [5.41, 5.74) is 4.11. The molecular weight excluding hydrogens is 630 g/mol. The second-order valence-corrected chi connectivity index (χ2v) is 11.5. The Hall–Kier alpha value is -4.98. The maximum absolute atomic E-state index is 12.8. The number of carbonyl (C=O) groups excluding carboxylic acids is 5. The standard InChI is InChI=1S/C34H39NO13/c1-18(36)43-17-29-31(46-20(3)38)32(47-21(4)39)30(45-19(2)37)28(48-29)15-9-14-27(33(40)41)35-34(42)44-16-26-24-12-7-5-10-22(24)23-11-6-8-13-25(23)26/h5-8,10-13,26-32H,9,14-17H2,1-4H3,(H,35,42)(H,40,41)/t27-,28+,29+,30-,31-,32+/m0/s1. The number of alkyl carbamates (subject to hydrolysis) is 1. The van der Waals surface area contributed by atoms with E-state index < -0.39 is 72.5 Å². The van der Waals surface area contributed by atoms with Gasteiger partial charge in [-0.2, -0.15) is 0 Å². The molecule has 14 heteroatoms. The second kappa shape index (κ2) is 16.2. The van der Waals surface area contributed by atoms with Crippen molar-refractivity contribution in [2.45, 2.75) is 89.4 Å². The first-order valence-corrected chi connectivity index (χ1v) is 15.5. The lowest BCUT2D eigenvalue weighted by atomic mass is 9.91. The van der Waals surface area contributed by atoms with Crippen molar-refractivity contribution in [2.24, 2.45) is 0 Å². The van der Waals surface area contributed by atoms with Gasteiger partial charge in [-0.25, -0.2) is 9.59 Å². The molecule has 2 N–H and O–H groups in total. The monoisotopic (exact) mass is 669 g/mol. The Morgan fingerprint density at radius 1 is 0.708 bits per heavy atom. The summed E-state index contributed by atoms with van der Waals surface area (Å²) in [6.45, 7) is 4.16. The zero-order valence-corrected chi connectivity index (χ0v) is 27.0. The van der Waals surface area contributed by atoms with Crippen LogP contribution >= 0.6 is 0 Å². The van der Waals surface area contributed by atoms with E-state index in [1.807, 2.05) is 48.5 Å². The van der Waals surface area contributed by atoms with Crippen LogP contribution < -0.4 is 5.32 Å². The second-order valence-electron chi connectivity index (χ2n) is 11.5. The number of benzene rings is 2. The first-order chi connectivity index (χ1) is 22.8. The van der Waals surface area contributed by atoms with Gasteiger partial charge in [0, 0.05) is 33.6 Å². The lowest BCUT2D eigenvalue weighted by Gasteiger charge is -2.44. The number of hydrogen-bond acceptors (Lipinski definition) is 12. The molecule has 1 aliphatic carbocycles. The molecule has 1 heterocycles. The number of carboxylic acids is 1. The van der Waals surface area contributed by atoms with Crippen LogP contribution in [0.15, 0.2) is 48.5 Å². The fraction of sp³-hybridized carbons (Fsp3) is 0.471. The van der Waals surface area contributed by atoms with Crippen LogP contribution in [0.1, 0.15) is 64.0 Å². The van der Waals surface area contributed by atoms with Gasteiger partial charge in [0.2, 0.25) is 0 Å². The third-order valence-electron chi connectivity index (χ3n) is 8.00. The Morgan fingerprint density at radius 2 is 1.23 bits per heavy atom. The Morgan fingerprint density at radius 3 is 1.75 bits per heavy atom. The number of esters is 4. The van der Waals surface area contributed by atoms with E-state index in [1.54, 1.807) is 0 Å². The Labute approximate surface area is 277 Å². The van der Waals surface area contributed by atoms with Crippen LogP contribution in [0.2, 0.25) is 0 Å². The molecule has 258 valence electrons. The van der Waals surface area contributed by atoms with E-state index in [0.717, 1.165) is 43.0 Å². The summed E-state index contributed by atoms with van der Waals surface area (Å²) in [7, 11) is 0. The zero-order chi connectivity index (χ0) is 35.0. The van der Waals surface area contributed by atoms with Gasteiger partial charge in [-0.1, -0.05) is 48.5 Å². The molecule has 2 aromatic rings. The highest BCUT2D eigenvalue weighted by Gasteiger charge is 2.51. The third kappa shape index (κ3) is 9.09. The van der Waals surface area contributed by atoms with Gasteiger partial charge < -0.3 is 38.8 Å². The van der Waals surface area contributed by atoms with Crippen LogP contribution in [-0.4, -0.2) is 90.8 Å². The molecular formula is C34H39NO13. The van der Waals surface area contributed by atoms with Gasteiger partial charge in [0.15, 0.2) is 18.3 Å². The van der Waals surface area contributed by atoms with Gasteiger partial charge in [-0.15, -0.1) is 0 Å². The average molecular weight is 670 g/mol. The number of hydrogen-bond donors (Lipinski definition) is 2. The Kier molecular flexibility index (Phi) is 12.1. The lowest BCUT2D eigenvalue weighted by Crippen LogP contribution is -2.62. The van der Waals surface area contributed by atoms with E-state index in [4.69, 9.17) is 28.4 Å². The average Bonchev–Trinajstić information content (AvgIpc) is 3.34. The minimum absolute atomic E-state index is 0.00304. The van der Waals surface area contributed by atoms with Gasteiger partial charge in [0.1, 0.15) is 25.4 Å². The van der Waals surface area contributed by atoms with E-state index in [1.165, 1.54) is 6.92 Å². The van der Waals surface area contributed by atoms with Crippen molar-refractivity contribution in [3.05, 3.63) is 59.7 Å². The summed E-state index contributed by atoms with van der Waals surface area (Å²) >= 11 is 0. The molecule has 0 aromatic heterocycles. The molecule has 14 nitrogen and oxygen atoms in total. The molecule has 2 aliphatic rings. The van der Waals surface area contributed by atoms with E-state index >= 15 is 0 Å². The summed E-state index contributed by atoms with van der Waals surface area (Å²) in [6, 6.07) is 14.3. The highest BCUT2D eigenvalue weighted by atomic mass is 16.7. The molecule has 1 amide bonds. The highest BCUT2D eigenvalue weighted by Crippen LogP contribution is 2.44. The predicted molar refractivity (Wildman–Crippen MR) is 165 cm³/mol. The lowest BCUT2D eigenvalue weighted by molar-refractivity contribution is -0.253. The number of nitrogens with one attached hydrogen (secondary N) is 1. The van der Waals surface area contributed by atoms with E-state index in [0.29, 0.717) is 0 Å². The minimum atomic E-state index is -1.34. The van der Waals surface area contributed by atoms with Crippen molar-refractivity contribution < 1.29 is 62.3 Å². The number of ether oxygens (including phenoxy) is 6. The highest BCUT2D eigenvalue weighted by molar-refractivity contribution is 5.81. The van der Waals surface area contributed by atoms with Crippen LogP contribution in [-0.2, 0) is 52.4 Å². The minimum Gasteiger partial charge on any atom is -0.480 e. The Balaban J connectivity index is 1.42. The zero-order valence-electron chi connectivity index (χ0n) is 27.0. The maximum atomic E-state index is 12.8. The molecule has 1 fully saturated rings. The summed E-state index contributed by atoms with van der Waals surface area (Å²) < 4.78 is 32.9. The number of carboxylic acid groups (broad SMARTS) is 1. The molecule has 0 spiro atoms. The topological polar surface area (TPSA) is 190 Å². The van der Waals surface area contributed by atoms with Crippen molar-refractivity contribution in [1.82, 2.24) is 5.32 Å². The van der Waals surface area contributed by atoms with Gasteiger partial charge in [-0.05, 0) is 41.5 Å². The maximum Gasteiger partial charge on any atom is 0.407 e. The molecule has 6 atom stereocenters. The van der Waals surface area contributed by atoms with Crippen LogP contribution in [0.5, 0.6) is 0 Å². The van der Waals surface area contributed by atoms with Crippen LogP contribution in [0, 0.1) is 0 Å². The quantitative estimate of drug-likeness (QED) is 0.234. The molecule has 0 saturated carbocycles. The summed E-state index contributed by atoms with van der Waals surface area (Å²) in [5.74, 6) is -4.42. The fourth-order valence-corrected chi connectivity index (χ4v) is 6.11. The normalized spacial score (nSPS) is 21.9. The van der Waals surface area contributed by atoms with E-state index in [2.05, 4.69) is 5.32 Å². The molecule has 0 unspecified atom stereocenters. The third-order valence-corrected chi connectivity index (χ3v) is 8.00. The molecule has 4 rings (SSSR count). The molecule has 0 radical (unpaired) electrons. The van der Waals surface area contributed by atoms with E-state index in [-0.39, 0.29) is 38.4 Å². The number of carbonyl (C=O) groups is 6. The number of fused-ring (bicyclic) bond motifs is 3. The van der Waals surface area contributed by atoms with Crippen LogP contribution in [0.4, 0.5) is 4.79 Å². The number of amides is 1. The van der Waals surface area contributed by atoms with Gasteiger partial charge in [0.25, 0.3) is 0 Å². The molecule has 1 aliphatic heterocycles. The van der Waals surface area contributed by atoms with Crippen LogP contribution in [0.25, 0.3) is 11.1 Å². The van der Waals surface area contributed by atoms with Crippen LogP contribution in [0.3, 0.4) is 0 Å². The first kappa shape index (κ1) is 35.9. The smallest absolute Gasteiger partial charge is 0.407 e. The largest absolute Gasteiger partial charge is 0.480 e. The fourth-order valence-electron chi connectivity index (χ4n) is 6.11. The number of aliphatic carboxylic acids is 1. The predicted octanol–water partition coefficient (Wildman–Crippen LogP) is 3.27. The van der Waals surface area contributed by atoms with Crippen molar-refractivity contribution in [2.75, 3.05) is 13.2 Å². The number of rotatable bonds is 13. The van der Waals surface area contributed by atoms with Gasteiger partial charge >= 0.3 is 35.9 Å². The van der Waals surface area contributed by atoms with Crippen molar-refractivity contribution in [3.8, 4) is 11.1 Å². The van der Waals surface area contributed by atoms with E-state index in [9.17, 15) is 33.9 Å². The SMILES string of the molecule is CC(=O)OC[C@H]1O[C@H](CCC[C@H](NC(=O)OCC2c3ccccc3-c3ccccc32)C(=O)O)[C@H](OC(C)=O)[C@@H](OC(C)=O)[C@H]1OC(C)=O.